The van der Waals surface area contributed by atoms with Crippen LogP contribution >= 0.6 is 11.3 Å². The molecule has 0 bridgehead atoms. The van der Waals surface area contributed by atoms with E-state index in [1.54, 1.807) is 11.3 Å². The van der Waals surface area contributed by atoms with Gasteiger partial charge in [0.2, 0.25) is 0 Å². The zero-order valence-electron chi connectivity index (χ0n) is 9.78. The van der Waals surface area contributed by atoms with Gasteiger partial charge in [0.15, 0.2) is 0 Å². The number of aromatic nitrogens is 1. The lowest BCUT2D eigenvalue weighted by Crippen LogP contribution is -2.43. The van der Waals surface area contributed by atoms with Crippen molar-refractivity contribution in [3.8, 4) is 0 Å². The summed E-state index contributed by atoms with van der Waals surface area (Å²) in [5, 5.41) is 16.8. The minimum Gasteiger partial charge on any atom is -0.389 e. The van der Waals surface area contributed by atoms with Crippen molar-refractivity contribution in [3.63, 3.8) is 0 Å². The Bertz CT molecular complexity index is 315. The first-order valence-corrected chi connectivity index (χ1v) is 6.87. The number of thiazole rings is 1. The number of hydrogen-bond donors (Lipinski definition) is 2. The average Bonchev–Trinajstić information content (AvgIpc) is 2.69. The maximum atomic E-state index is 10.4. The molecule has 2 rings (SSSR count). The number of rotatable bonds is 4. The standard InChI is InChI=1S/C12H20N2OS/c1-10-3-2-4-12(15,7-10)9-13-8-11-14-5-6-16-11/h5-6,10,13,15H,2-4,7-9H2,1H3. The lowest BCUT2D eigenvalue weighted by Gasteiger charge is -2.35. The Morgan fingerprint density at radius 3 is 3.25 bits per heavy atom. The highest BCUT2D eigenvalue weighted by Gasteiger charge is 2.31. The van der Waals surface area contributed by atoms with E-state index in [-0.39, 0.29) is 0 Å². The van der Waals surface area contributed by atoms with Gasteiger partial charge in [-0.3, -0.25) is 0 Å². The molecule has 0 aliphatic heterocycles. The van der Waals surface area contributed by atoms with E-state index in [9.17, 15) is 5.11 Å². The number of nitrogens with zero attached hydrogens (tertiary/aromatic N) is 1. The van der Waals surface area contributed by atoms with Crippen molar-refractivity contribution >= 4 is 11.3 Å². The first-order chi connectivity index (χ1) is 7.68. The van der Waals surface area contributed by atoms with E-state index < -0.39 is 5.60 Å². The molecule has 2 N–H and O–H groups in total. The van der Waals surface area contributed by atoms with Gasteiger partial charge in [0.05, 0.1) is 5.60 Å². The lowest BCUT2D eigenvalue weighted by molar-refractivity contribution is -0.0119. The molecule has 2 unspecified atom stereocenters. The highest BCUT2D eigenvalue weighted by atomic mass is 32.1. The fourth-order valence-corrected chi connectivity index (χ4v) is 3.12. The molecule has 1 aliphatic rings. The number of nitrogens with one attached hydrogen (secondary N) is 1. The van der Waals surface area contributed by atoms with E-state index >= 15 is 0 Å². The van der Waals surface area contributed by atoms with Gasteiger partial charge in [0.25, 0.3) is 0 Å². The van der Waals surface area contributed by atoms with Crippen LogP contribution in [-0.4, -0.2) is 22.2 Å². The van der Waals surface area contributed by atoms with E-state index in [2.05, 4.69) is 17.2 Å². The van der Waals surface area contributed by atoms with Gasteiger partial charge < -0.3 is 10.4 Å². The van der Waals surface area contributed by atoms with Crippen LogP contribution in [0.3, 0.4) is 0 Å². The summed E-state index contributed by atoms with van der Waals surface area (Å²) in [4.78, 5) is 4.21. The first-order valence-electron chi connectivity index (χ1n) is 5.99. The maximum Gasteiger partial charge on any atom is 0.106 e. The second kappa shape index (κ2) is 5.25. The molecule has 1 aromatic heterocycles. The predicted octanol–water partition coefficient (Wildman–Crippen LogP) is 2.17. The Kier molecular flexibility index (Phi) is 3.95. The van der Waals surface area contributed by atoms with Crippen LogP contribution in [0.25, 0.3) is 0 Å². The molecule has 0 amide bonds. The molecule has 1 aliphatic carbocycles. The van der Waals surface area contributed by atoms with Gasteiger partial charge in [-0.1, -0.05) is 19.8 Å². The molecule has 3 nitrogen and oxygen atoms in total. The Morgan fingerprint density at radius 2 is 2.56 bits per heavy atom. The monoisotopic (exact) mass is 240 g/mol. The summed E-state index contributed by atoms with van der Waals surface area (Å²) in [5.74, 6) is 0.653. The minimum absolute atomic E-state index is 0.491. The van der Waals surface area contributed by atoms with Crippen molar-refractivity contribution in [2.45, 2.75) is 44.8 Å². The van der Waals surface area contributed by atoms with E-state index in [1.807, 2.05) is 11.6 Å². The molecule has 1 heterocycles. The normalized spacial score (nSPS) is 30.5. The zero-order valence-corrected chi connectivity index (χ0v) is 10.6. The zero-order chi connectivity index (χ0) is 11.4. The molecule has 0 aromatic carbocycles. The van der Waals surface area contributed by atoms with Crippen molar-refractivity contribution in [1.82, 2.24) is 10.3 Å². The predicted molar refractivity (Wildman–Crippen MR) is 66.4 cm³/mol. The van der Waals surface area contributed by atoms with Crippen LogP contribution in [0.1, 0.15) is 37.6 Å². The highest BCUT2D eigenvalue weighted by molar-refractivity contribution is 7.09. The van der Waals surface area contributed by atoms with Gasteiger partial charge in [-0.05, 0) is 18.8 Å². The Hall–Kier alpha value is -0.450. The average molecular weight is 240 g/mol. The summed E-state index contributed by atoms with van der Waals surface area (Å²) < 4.78 is 0. The highest BCUT2D eigenvalue weighted by Crippen LogP contribution is 2.31. The molecule has 0 radical (unpaired) electrons. The third-order valence-electron chi connectivity index (χ3n) is 3.28. The molecule has 1 fully saturated rings. The summed E-state index contributed by atoms with van der Waals surface area (Å²) in [7, 11) is 0. The summed E-state index contributed by atoms with van der Waals surface area (Å²) in [5.41, 5.74) is -0.491. The van der Waals surface area contributed by atoms with Crippen LogP contribution in [0.15, 0.2) is 11.6 Å². The maximum absolute atomic E-state index is 10.4. The largest absolute Gasteiger partial charge is 0.389 e. The smallest absolute Gasteiger partial charge is 0.106 e. The molecule has 16 heavy (non-hydrogen) atoms. The Balaban J connectivity index is 1.76. The van der Waals surface area contributed by atoms with Gasteiger partial charge in [0.1, 0.15) is 5.01 Å². The lowest BCUT2D eigenvalue weighted by atomic mass is 9.79. The Labute approximate surface area is 101 Å². The van der Waals surface area contributed by atoms with Crippen molar-refractivity contribution in [2.24, 2.45) is 5.92 Å². The molecule has 1 aromatic rings. The van der Waals surface area contributed by atoms with Gasteiger partial charge in [-0.15, -0.1) is 11.3 Å². The molecular formula is C12H20N2OS. The summed E-state index contributed by atoms with van der Waals surface area (Å²) >= 11 is 1.65. The fourth-order valence-electron chi connectivity index (χ4n) is 2.54. The molecule has 2 atom stereocenters. The van der Waals surface area contributed by atoms with Gasteiger partial charge >= 0.3 is 0 Å². The Morgan fingerprint density at radius 1 is 1.69 bits per heavy atom. The second-order valence-corrected chi connectivity index (χ2v) is 5.93. The van der Waals surface area contributed by atoms with Crippen molar-refractivity contribution < 1.29 is 5.11 Å². The number of hydrogen-bond acceptors (Lipinski definition) is 4. The van der Waals surface area contributed by atoms with Crippen LogP contribution in [0.4, 0.5) is 0 Å². The fraction of sp³-hybridized carbons (Fsp3) is 0.750. The van der Waals surface area contributed by atoms with Gasteiger partial charge in [0, 0.05) is 24.7 Å². The third-order valence-corrected chi connectivity index (χ3v) is 4.06. The van der Waals surface area contributed by atoms with Crippen LogP contribution in [-0.2, 0) is 6.54 Å². The van der Waals surface area contributed by atoms with E-state index in [1.165, 1.54) is 6.42 Å². The molecule has 1 saturated carbocycles. The van der Waals surface area contributed by atoms with E-state index in [4.69, 9.17) is 0 Å². The van der Waals surface area contributed by atoms with Gasteiger partial charge in [-0.25, -0.2) is 4.98 Å². The van der Waals surface area contributed by atoms with E-state index in [0.29, 0.717) is 12.5 Å². The van der Waals surface area contributed by atoms with Crippen LogP contribution in [0.5, 0.6) is 0 Å². The third kappa shape index (κ3) is 3.27. The summed E-state index contributed by atoms with van der Waals surface area (Å²) in [6.07, 6.45) is 6.09. The first kappa shape index (κ1) is 12.0. The van der Waals surface area contributed by atoms with Crippen molar-refractivity contribution in [3.05, 3.63) is 16.6 Å². The molecule has 0 saturated heterocycles. The van der Waals surface area contributed by atoms with Crippen molar-refractivity contribution in [1.29, 1.82) is 0 Å². The molecule has 90 valence electrons. The molecule has 0 spiro atoms. The van der Waals surface area contributed by atoms with E-state index in [0.717, 1.165) is 30.8 Å². The van der Waals surface area contributed by atoms with Crippen LogP contribution < -0.4 is 5.32 Å². The minimum atomic E-state index is -0.491. The summed E-state index contributed by atoms with van der Waals surface area (Å²) in [6, 6.07) is 0. The quantitative estimate of drug-likeness (QED) is 0.848. The molecular weight excluding hydrogens is 220 g/mol. The number of aliphatic hydroxyl groups is 1. The summed E-state index contributed by atoms with van der Waals surface area (Å²) in [6.45, 7) is 3.69. The van der Waals surface area contributed by atoms with Gasteiger partial charge in [-0.2, -0.15) is 0 Å². The van der Waals surface area contributed by atoms with Crippen LogP contribution in [0.2, 0.25) is 0 Å². The molecule has 4 heteroatoms. The van der Waals surface area contributed by atoms with Crippen molar-refractivity contribution in [2.75, 3.05) is 6.54 Å². The SMILES string of the molecule is CC1CCCC(O)(CNCc2nccs2)C1. The second-order valence-electron chi connectivity index (χ2n) is 4.96. The van der Waals surface area contributed by atoms with Crippen LogP contribution in [0, 0.1) is 5.92 Å². The topological polar surface area (TPSA) is 45.1 Å².